The second-order valence-corrected chi connectivity index (χ2v) is 7.06. The van der Waals surface area contributed by atoms with Gasteiger partial charge in [0.1, 0.15) is 0 Å². The summed E-state index contributed by atoms with van der Waals surface area (Å²) in [6.07, 6.45) is 0. The Morgan fingerprint density at radius 2 is 1.04 bits per heavy atom. The van der Waals surface area contributed by atoms with Gasteiger partial charge in [-0.2, -0.15) is 0 Å². The number of aryl methyl sites for hydroxylation is 1. The molecule has 0 saturated carbocycles. The summed E-state index contributed by atoms with van der Waals surface area (Å²) in [5.74, 6) is 0. The van der Waals surface area contributed by atoms with E-state index in [2.05, 4.69) is 110 Å². The molecule has 0 radical (unpaired) electrons. The SMILES string of the molecule is Cc1cc2c(ccc3ccccc32)c(-c2ccccc2)c1-c1ccccc1. The van der Waals surface area contributed by atoms with Crippen molar-refractivity contribution in [2.45, 2.75) is 6.92 Å². The maximum Gasteiger partial charge on any atom is -0.00239 e. The molecule has 0 bridgehead atoms. The Hall–Kier alpha value is -3.38. The lowest BCUT2D eigenvalue weighted by atomic mass is 9.85. The molecule has 0 aliphatic heterocycles. The van der Waals surface area contributed by atoms with Crippen LogP contribution in [-0.2, 0) is 0 Å². The van der Waals surface area contributed by atoms with Gasteiger partial charge in [-0.05, 0) is 56.3 Å². The topological polar surface area (TPSA) is 0 Å². The molecule has 0 aliphatic carbocycles. The number of fused-ring (bicyclic) bond motifs is 3. The van der Waals surface area contributed by atoms with Gasteiger partial charge in [-0.1, -0.05) is 103 Å². The maximum absolute atomic E-state index is 2.35. The van der Waals surface area contributed by atoms with E-state index in [1.54, 1.807) is 0 Å². The number of hydrogen-bond acceptors (Lipinski definition) is 0. The summed E-state index contributed by atoms with van der Waals surface area (Å²) in [4.78, 5) is 0. The first-order valence-corrected chi connectivity index (χ1v) is 9.39. The Balaban J connectivity index is 1.98. The summed E-state index contributed by atoms with van der Waals surface area (Å²) >= 11 is 0. The number of rotatable bonds is 2. The number of hydrogen-bond donors (Lipinski definition) is 0. The minimum absolute atomic E-state index is 1.26. The predicted octanol–water partition coefficient (Wildman–Crippen LogP) is 7.64. The molecule has 0 amide bonds. The third kappa shape index (κ3) is 2.62. The molecule has 0 fully saturated rings. The third-order valence-electron chi connectivity index (χ3n) is 5.37. The zero-order valence-corrected chi connectivity index (χ0v) is 15.3. The summed E-state index contributed by atoms with van der Waals surface area (Å²) in [5, 5.41) is 5.24. The van der Waals surface area contributed by atoms with Gasteiger partial charge >= 0.3 is 0 Å². The molecule has 0 atom stereocenters. The summed E-state index contributed by atoms with van der Waals surface area (Å²) in [6.45, 7) is 2.23. The highest BCUT2D eigenvalue weighted by atomic mass is 14.2. The van der Waals surface area contributed by atoms with E-state index in [9.17, 15) is 0 Å². The van der Waals surface area contributed by atoms with Crippen LogP contribution in [0.3, 0.4) is 0 Å². The molecular formula is C27H20. The van der Waals surface area contributed by atoms with Crippen LogP contribution in [0, 0.1) is 6.92 Å². The standard InChI is InChI=1S/C27H20/c1-19-18-25-23-15-9-8-10-20(23)16-17-24(25)27(22-13-6-3-7-14-22)26(19)21-11-4-2-5-12-21/h2-18H,1H3. The highest BCUT2D eigenvalue weighted by Gasteiger charge is 2.16. The highest BCUT2D eigenvalue weighted by Crippen LogP contribution is 2.42. The minimum Gasteiger partial charge on any atom is -0.0622 e. The van der Waals surface area contributed by atoms with Gasteiger partial charge in [0.2, 0.25) is 0 Å². The van der Waals surface area contributed by atoms with Crippen molar-refractivity contribution in [1.29, 1.82) is 0 Å². The van der Waals surface area contributed by atoms with E-state index in [0.717, 1.165) is 0 Å². The van der Waals surface area contributed by atoms with Crippen molar-refractivity contribution in [2.75, 3.05) is 0 Å². The van der Waals surface area contributed by atoms with Crippen LogP contribution in [0.2, 0.25) is 0 Å². The summed E-state index contributed by atoms with van der Waals surface area (Å²) in [6, 6.07) is 37.0. The molecule has 5 aromatic rings. The summed E-state index contributed by atoms with van der Waals surface area (Å²) in [7, 11) is 0. The Kier molecular flexibility index (Phi) is 3.76. The van der Waals surface area contributed by atoms with Gasteiger partial charge in [-0.25, -0.2) is 0 Å². The van der Waals surface area contributed by atoms with Crippen molar-refractivity contribution in [3.05, 3.63) is 109 Å². The van der Waals surface area contributed by atoms with E-state index in [4.69, 9.17) is 0 Å². The molecule has 0 aliphatic rings. The molecule has 0 nitrogen and oxygen atoms in total. The van der Waals surface area contributed by atoms with Crippen molar-refractivity contribution in [3.63, 3.8) is 0 Å². The average molecular weight is 344 g/mol. The first-order valence-electron chi connectivity index (χ1n) is 9.39. The fourth-order valence-corrected chi connectivity index (χ4v) is 4.17. The Bertz CT molecular complexity index is 1250. The van der Waals surface area contributed by atoms with Crippen molar-refractivity contribution in [3.8, 4) is 22.3 Å². The third-order valence-corrected chi connectivity index (χ3v) is 5.37. The normalized spacial score (nSPS) is 11.1. The molecule has 0 saturated heterocycles. The van der Waals surface area contributed by atoms with E-state index < -0.39 is 0 Å². The van der Waals surface area contributed by atoms with Crippen LogP contribution in [0.5, 0.6) is 0 Å². The van der Waals surface area contributed by atoms with Crippen LogP contribution in [0.4, 0.5) is 0 Å². The first-order chi connectivity index (χ1) is 13.3. The predicted molar refractivity (Wildman–Crippen MR) is 117 cm³/mol. The molecule has 0 heterocycles. The largest absolute Gasteiger partial charge is 0.0622 e. The molecule has 5 aromatic carbocycles. The first kappa shape index (κ1) is 15.8. The van der Waals surface area contributed by atoms with Crippen LogP contribution >= 0.6 is 0 Å². The van der Waals surface area contributed by atoms with E-state index in [1.165, 1.54) is 49.4 Å². The van der Waals surface area contributed by atoms with Gasteiger partial charge in [0.25, 0.3) is 0 Å². The summed E-state index contributed by atoms with van der Waals surface area (Å²) < 4.78 is 0. The van der Waals surface area contributed by atoms with Crippen LogP contribution < -0.4 is 0 Å². The van der Waals surface area contributed by atoms with Gasteiger partial charge in [-0.3, -0.25) is 0 Å². The molecule has 128 valence electrons. The van der Waals surface area contributed by atoms with Crippen LogP contribution in [0.1, 0.15) is 5.56 Å². The fourth-order valence-electron chi connectivity index (χ4n) is 4.17. The zero-order valence-electron chi connectivity index (χ0n) is 15.3. The van der Waals surface area contributed by atoms with E-state index in [-0.39, 0.29) is 0 Å². The maximum atomic E-state index is 2.35. The second-order valence-electron chi connectivity index (χ2n) is 7.06. The van der Waals surface area contributed by atoms with Crippen molar-refractivity contribution in [1.82, 2.24) is 0 Å². The Labute approximate surface area is 159 Å². The van der Waals surface area contributed by atoms with Crippen molar-refractivity contribution < 1.29 is 0 Å². The van der Waals surface area contributed by atoms with Gasteiger partial charge in [0.15, 0.2) is 0 Å². The van der Waals surface area contributed by atoms with Gasteiger partial charge in [0, 0.05) is 0 Å². The quantitative estimate of drug-likeness (QED) is 0.289. The lowest BCUT2D eigenvalue weighted by Gasteiger charge is -2.18. The van der Waals surface area contributed by atoms with Crippen LogP contribution in [0.25, 0.3) is 43.8 Å². The van der Waals surface area contributed by atoms with Gasteiger partial charge in [0.05, 0.1) is 0 Å². The average Bonchev–Trinajstić information content (AvgIpc) is 2.74. The molecule has 0 heteroatoms. The lowest BCUT2D eigenvalue weighted by Crippen LogP contribution is -1.92. The van der Waals surface area contributed by atoms with E-state index >= 15 is 0 Å². The molecule has 0 N–H and O–H groups in total. The van der Waals surface area contributed by atoms with Gasteiger partial charge in [-0.15, -0.1) is 0 Å². The highest BCUT2D eigenvalue weighted by molar-refractivity contribution is 6.15. The molecule has 5 rings (SSSR count). The molecular weight excluding hydrogens is 324 g/mol. The zero-order chi connectivity index (χ0) is 18.2. The van der Waals surface area contributed by atoms with Crippen LogP contribution in [-0.4, -0.2) is 0 Å². The van der Waals surface area contributed by atoms with E-state index in [0.29, 0.717) is 0 Å². The summed E-state index contributed by atoms with van der Waals surface area (Å²) in [5.41, 5.74) is 6.49. The molecule has 0 unspecified atom stereocenters. The minimum atomic E-state index is 1.26. The lowest BCUT2D eigenvalue weighted by molar-refractivity contribution is 1.48. The van der Waals surface area contributed by atoms with Crippen molar-refractivity contribution in [2.24, 2.45) is 0 Å². The molecule has 27 heavy (non-hydrogen) atoms. The fraction of sp³-hybridized carbons (Fsp3) is 0.0370. The number of benzene rings is 5. The van der Waals surface area contributed by atoms with E-state index in [1.807, 2.05) is 0 Å². The Morgan fingerprint density at radius 3 is 1.74 bits per heavy atom. The van der Waals surface area contributed by atoms with Crippen LogP contribution in [0.15, 0.2) is 103 Å². The monoisotopic (exact) mass is 344 g/mol. The molecule has 0 aromatic heterocycles. The van der Waals surface area contributed by atoms with Gasteiger partial charge < -0.3 is 0 Å². The second kappa shape index (κ2) is 6.41. The Morgan fingerprint density at radius 1 is 0.444 bits per heavy atom. The molecule has 0 spiro atoms. The smallest absolute Gasteiger partial charge is 0.00239 e. The van der Waals surface area contributed by atoms with Crippen molar-refractivity contribution >= 4 is 21.5 Å².